The number of rotatable bonds is 6. The first kappa shape index (κ1) is 25.9. The summed E-state index contributed by atoms with van der Waals surface area (Å²) in [6.45, 7) is 0. The minimum atomic E-state index is -0.951. The molecule has 0 aliphatic rings. The van der Waals surface area contributed by atoms with Crippen LogP contribution in [0.2, 0.25) is 5.02 Å². The Morgan fingerprint density at radius 3 is 2.26 bits per heavy atom. The second-order valence-corrected chi connectivity index (χ2v) is 9.37. The van der Waals surface area contributed by atoms with Gasteiger partial charge >= 0.3 is 11.9 Å². The number of carboxylic acid groups (broad SMARTS) is 1. The number of benzene rings is 4. The van der Waals surface area contributed by atoms with Crippen LogP contribution in [-0.2, 0) is 16.0 Å². The van der Waals surface area contributed by atoms with Crippen LogP contribution in [-0.4, -0.2) is 29.1 Å². The number of aliphatic carboxylic acids is 1. The molecule has 0 unspecified atom stereocenters. The molecular weight excluding hydrogens is 521 g/mol. The number of nitrogens with one attached hydrogen (secondary N) is 1. The van der Waals surface area contributed by atoms with Crippen LogP contribution in [0.4, 0.5) is 4.39 Å². The number of H-pyrrole nitrogens is 1. The summed E-state index contributed by atoms with van der Waals surface area (Å²) in [5, 5.41) is 10.3. The Labute approximate surface area is 227 Å². The quantitative estimate of drug-likeness (QED) is 0.232. The summed E-state index contributed by atoms with van der Waals surface area (Å²) in [4.78, 5) is 38.5. The number of aromatic nitrogens is 1. The molecule has 0 saturated heterocycles. The second kappa shape index (κ2) is 10.6. The van der Waals surface area contributed by atoms with Gasteiger partial charge in [0.05, 0.1) is 24.1 Å². The Bertz CT molecular complexity index is 1810. The highest BCUT2D eigenvalue weighted by Crippen LogP contribution is 2.34. The van der Waals surface area contributed by atoms with Crippen molar-refractivity contribution in [2.75, 3.05) is 7.11 Å². The van der Waals surface area contributed by atoms with Crippen LogP contribution >= 0.6 is 11.6 Å². The van der Waals surface area contributed by atoms with Crippen molar-refractivity contribution in [3.8, 4) is 33.4 Å². The number of hydrogen-bond acceptors (Lipinski definition) is 4. The normalized spacial score (nSPS) is 10.9. The third-order valence-corrected chi connectivity index (χ3v) is 6.74. The monoisotopic (exact) mass is 541 g/mol. The van der Waals surface area contributed by atoms with Crippen molar-refractivity contribution < 1.29 is 23.8 Å². The molecule has 6 nitrogen and oxygen atoms in total. The second-order valence-electron chi connectivity index (χ2n) is 8.97. The lowest BCUT2D eigenvalue weighted by Gasteiger charge is -2.11. The maximum Gasteiger partial charge on any atom is 0.340 e. The van der Waals surface area contributed by atoms with Crippen LogP contribution in [0.15, 0.2) is 89.7 Å². The molecule has 0 bridgehead atoms. The number of methoxy groups -OCH3 is 1. The number of carbonyl (C=O) groups is 2. The standard InChI is InChI=1S/C31H21ClFNO5/c1-39-31(38)23-10-9-20(15-27(23)33)18-5-7-19(8-6-18)24-13-22-14-25(30(37)34-28(22)16-26(24)32)21-4-2-3-17(11-21)12-29(35)36/h2-11,13-16H,12H2,1H3,(H,34,37)(H,35,36). The molecule has 0 spiro atoms. The number of aromatic amines is 1. The number of fused-ring (bicyclic) bond motifs is 1. The smallest absolute Gasteiger partial charge is 0.340 e. The van der Waals surface area contributed by atoms with Crippen molar-refractivity contribution in [1.82, 2.24) is 4.98 Å². The first-order valence-electron chi connectivity index (χ1n) is 11.9. The number of esters is 1. The van der Waals surface area contributed by atoms with Crippen LogP contribution in [0.1, 0.15) is 15.9 Å². The van der Waals surface area contributed by atoms with Gasteiger partial charge in [0.1, 0.15) is 5.82 Å². The predicted molar refractivity (Wildman–Crippen MR) is 149 cm³/mol. The minimum Gasteiger partial charge on any atom is -0.481 e. The predicted octanol–water partition coefficient (Wildman–Crippen LogP) is 6.74. The number of carboxylic acids is 1. The lowest BCUT2D eigenvalue weighted by Crippen LogP contribution is -2.09. The van der Waals surface area contributed by atoms with Gasteiger partial charge in [-0.2, -0.15) is 0 Å². The average molecular weight is 542 g/mol. The van der Waals surface area contributed by atoms with Gasteiger partial charge in [-0.15, -0.1) is 0 Å². The topological polar surface area (TPSA) is 96.5 Å². The van der Waals surface area contributed by atoms with E-state index in [1.54, 1.807) is 42.5 Å². The fraction of sp³-hybridized carbons (Fsp3) is 0.0645. The van der Waals surface area contributed by atoms with E-state index in [0.29, 0.717) is 32.8 Å². The van der Waals surface area contributed by atoms with Gasteiger partial charge in [-0.25, -0.2) is 9.18 Å². The molecule has 194 valence electrons. The van der Waals surface area contributed by atoms with Crippen LogP contribution in [0.5, 0.6) is 0 Å². The van der Waals surface area contributed by atoms with E-state index in [9.17, 15) is 18.8 Å². The number of carbonyl (C=O) groups excluding carboxylic acids is 1. The molecule has 1 heterocycles. The van der Waals surface area contributed by atoms with Gasteiger partial charge < -0.3 is 14.8 Å². The lowest BCUT2D eigenvalue weighted by atomic mass is 9.97. The van der Waals surface area contributed by atoms with Crippen molar-refractivity contribution in [3.63, 3.8) is 0 Å². The molecule has 0 amide bonds. The molecule has 0 aliphatic carbocycles. The maximum atomic E-state index is 14.4. The van der Waals surface area contributed by atoms with E-state index in [0.717, 1.165) is 22.1 Å². The van der Waals surface area contributed by atoms with E-state index in [2.05, 4.69) is 9.72 Å². The molecule has 39 heavy (non-hydrogen) atoms. The SMILES string of the molecule is COC(=O)c1ccc(-c2ccc(-c3cc4cc(-c5cccc(CC(=O)O)c5)c(=O)[nH]c4cc3Cl)cc2)cc1F. The summed E-state index contributed by atoms with van der Waals surface area (Å²) in [7, 11) is 1.20. The van der Waals surface area contributed by atoms with Gasteiger partial charge in [0.15, 0.2) is 0 Å². The van der Waals surface area contributed by atoms with Gasteiger partial charge in [0.2, 0.25) is 0 Å². The van der Waals surface area contributed by atoms with Crippen molar-refractivity contribution in [2.45, 2.75) is 6.42 Å². The first-order chi connectivity index (χ1) is 18.7. The van der Waals surface area contributed by atoms with E-state index >= 15 is 0 Å². The molecule has 0 atom stereocenters. The summed E-state index contributed by atoms with van der Waals surface area (Å²) in [5.41, 5.74) is 4.64. The Morgan fingerprint density at radius 1 is 0.872 bits per heavy atom. The highest BCUT2D eigenvalue weighted by Gasteiger charge is 2.14. The van der Waals surface area contributed by atoms with Gasteiger partial charge in [-0.05, 0) is 63.5 Å². The van der Waals surface area contributed by atoms with Crippen LogP contribution < -0.4 is 5.56 Å². The van der Waals surface area contributed by atoms with E-state index < -0.39 is 17.8 Å². The van der Waals surface area contributed by atoms with Crippen molar-refractivity contribution in [3.05, 3.63) is 117 Å². The minimum absolute atomic E-state index is 0.133. The Kier molecular flexibility index (Phi) is 7.00. The number of halogens is 2. The molecule has 0 saturated carbocycles. The zero-order chi connectivity index (χ0) is 27.7. The molecule has 1 aromatic heterocycles. The van der Waals surface area contributed by atoms with Gasteiger partial charge in [0.25, 0.3) is 5.56 Å². The number of ether oxygens (including phenoxy) is 1. The summed E-state index contributed by atoms with van der Waals surface area (Å²) in [6.07, 6.45) is -0.142. The molecule has 8 heteroatoms. The van der Waals surface area contributed by atoms with E-state index in [1.165, 1.54) is 19.2 Å². The zero-order valence-electron chi connectivity index (χ0n) is 20.6. The van der Waals surface area contributed by atoms with Crippen LogP contribution in [0, 0.1) is 5.82 Å². The lowest BCUT2D eigenvalue weighted by molar-refractivity contribution is -0.136. The highest BCUT2D eigenvalue weighted by molar-refractivity contribution is 6.34. The van der Waals surface area contributed by atoms with Gasteiger partial charge in [0, 0.05) is 16.6 Å². The molecular formula is C31H21ClFNO5. The average Bonchev–Trinajstić information content (AvgIpc) is 2.92. The molecule has 5 aromatic rings. The van der Waals surface area contributed by atoms with E-state index in [4.69, 9.17) is 16.7 Å². The van der Waals surface area contributed by atoms with Crippen molar-refractivity contribution in [1.29, 1.82) is 0 Å². The third-order valence-electron chi connectivity index (χ3n) is 6.43. The molecule has 2 N–H and O–H groups in total. The molecule has 0 fully saturated rings. The highest BCUT2D eigenvalue weighted by atomic mass is 35.5. The third kappa shape index (κ3) is 5.30. The van der Waals surface area contributed by atoms with Gasteiger partial charge in [-0.3, -0.25) is 9.59 Å². The summed E-state index contributed by atoms with van der Waals surface area (Å²) >= 11 is 6.58. The number of hydrogen-bond donors (Lipinski definition) is 2. The van der Waals surface area contributed by atoms with Crippen LogP contribution in [0.3, 0.4) is 0 Å². The molecule has 0 aliphatic heterocycles. The maximum absolute atomic E-state index is 14.4. The van der Waals surface area contributed by atoms with Crippen molar-refractivity contribution >= 4 is 34.4 Å². The number of pyridine rings is 1. The largest absolute Gasteiger partial charge is 0.481 e. The van der Waals surface area contributed by atoms with Crippen LogP contribution in [0.25, 0.3) is 44.3 Å². The fourth-order valence-electron chi connectivity index (χ4n) is 4.50. The zero-order valence-corrected chi connectivity index (χ0v) is 21.4. The summed E-state index contributed by atoms with van der Waals surface area (Å²) < 4.78 is 19.0. The molecule has 5 rings (SSSR count). The van der Waals surface area contributed by atoms with Gasteiger partial charge in [-0.1, -0.05) is 66.2 Å². The Balaban J connectivity index is 1.51. The van der Waals surface area contributed by atoms with E-state index in [-0.39, 0.29) is 17.5 Å². The Hall–Kier alpha value is -4.75. The van der Waals surface area contributed by atoms with Crippen molar-refractivity contribution in [2.24, 2.45) is 0 Å². The Morgan fingerprint density at radius 2 is 1.56 bits per heavy atom. The fourth-order valence-corrected chi connectivity index (χ4v) is 4.77. The molecule has 4 aromatic carbocycles. The summed E-state index contributed by atoms with van der Waals surface area (Å²) in [6, 6.07) is 23.9. The summed E-state index contributed by atoms with van der Waals surface area (Å²) in [5.74, 6) is -2.36. The first-order valence-corrected chi connectivity index (χ1v) is 12.3. The van der Waals surface area contributed by atoms with E-state index in [1.807, 2.05) is 30.3 Å². The molecule has 0 radical (unpaired) electrons.